The van der Waals surface area contributed by atoms with E-state index in [1.54, 1.807) is 18.2 Å². The van der Waals surface area contributed by atoms with Crippen LogP contribution in [0.15, 0.2) is 42.5 Å². The number of hydrogen-bond acceptors (Lipinski definition) is 7. The molecule has 3 aromatic rings. The fourth-order valence-electron chi connectivity index (χ4n) is 5.35. The SMILES string of the molecule is Cc1cc(OCCCS(C)(=O)=O)c2c(c1-c1ccc(F)c(COc3ccc4c(c3)OCC4CC(O)O)c1)CC2. The van der Waals surface area contributed by atoms with Crippen LogP contribution in [-0.2, 0) is 29.3 Å². The predicted molar refractivity (Wildman–Crippen MR) is 146 cm³/mol. The van der Waals surface area contributed by atoms with E-state index >= 15 is 0 Å². The van der Waals surface area contributed by atoms with Crippen LogP contribution in [0.25, 0.3) is 11.1 Å². The van der Waals surface area contributed by atoms with Gasteiger partial charge in [0, 0.05) is 35.8 Å². The fourth-order valence-corrected chi connectivity index (χ4v) is 5.99. The van der Waals surface area contributed by atoms with Crippen LogP contribution in [-0.4, -0.2) is 50.1 Å². The molecule has 1 heterocycles. The summed E-state index contributed by atoms with van der Waals surface area (Å²) in [6.07, 6.45) is 2.26. The van der Waals surface area contributed by atoms with Crippen molar-refractivity contribution in [2.24, 2.45) is 0 Å². The molecule has 2 N–H and O–H groups in total. The molecule has 0 bridgehead atoms. The molecule has 0 aromatic heterocycles. The minimum Gasteiger partial charge on any atom is -0.493 e. The number of sulfone groups is 1. The van der Waals surface area contributed by atoms with Gasteiger partial charge in [-0.3, -0.25) is 0 Å². The molecule has 3 aromatic carbocycles. The summed E-state index contributed by atoms with van der Waals surface area (Å²) in [5.41, 5.74) is 6.65. The van der Waals surface area contributed by atoms with Crippen molar-refractivity contribution in [1.29, 1.82) is 0 Å². The number of benzene rings is 3. The number of aliphatic hydroxyl groups excluding tert-OH is 1. The molecule has 0 amide bonds. The molecule has 9 heteroatoms. The Morgan fingerprint density at radius 1 is 1.08 bits per heavy atom. The molecular formula is C30H33FO7S. The van der Waals surface area contributed by atoms with Crippen LogP contribution >= 0.6 is 0 Å². The van der Waals surface area contributed by atoms with Crippen LogP contribution in [0.2, 0.25) is 0 Å². The monoisotopic (exact) mass is 556 g/mol. The Labute approximate surface area is 228 Å². The van der Waals surface area contributed by atoms with Crippen LogP contribution in [0.5, 0.6) is 17.2 Å². The molecule has 39 heavy (non-hydrogen) atoms. The molecular weight excluding hydrogens is 523 g/mol. The fraction of sp³-hybridized carbons (Fsp3) is 0.400. The summed E-state index contributed by atoms with van der Waals surface area (Å²) in [6.45, 7) is 2.76. The summed E-state index contributed by atoms with van der Waals surface area (Å²) in [6, 6.07) is 12.4. The van der Waals surface area contributed by atoms with Crippen molar-refractivity contribution in [3.8, 4) is 28.4 Å². The molecule has 1 aliphatic heterocycles. The van der Waals surface area contributed by atoms with Crippen molar-refractivity contribution in [3.63, 3.8) is 0 Å². The Morgan fingerprint density at radius 2 is 1.87 bits per heavy atom. The van der Waals surface area contributed by atoms with Crippen molar-refractivity contribution < 1.29 is 37.2 Å². The molecule has 2 aliphatic rings. The average molecular weight is 557 g/mol. The number of fused-ring (bicyclic) bond motifs is 2. The van der Waals surface area contributed by atoms with Crippen molar-refractivity contribution >= 4 is 9.84 Å². The molecule has 0 saturated carbocycles. The quantitative estimate of drug-likeness (QED) is 0.265. The van der Waals surface area contributed by atoms with Gasteiger partial charge in [0.2, 0.25) is 0 Å². The van der Waals surface area contributed by atoms with Crippen LogP contribution in [0.1, 0.15) is 46.6 Å². The zero-order valence-corrected chi connectivity index (χ0v) is 22.9. The topological polar surface area (TPSA) is 102 Å². The molecule has 1 atom stereocenters. The van der Waals surface area contributed by atoms with Gasteiger partial charge in [0.05, 0.1) is 19.0 Å². The van der Waals surface area contributed by atoms with Gasteiger partial charge in [0.1, 0.15) is 39.5 Å². The highest BCUT2D eigenvalue weighted by Crippen LogP contribution is 2.43. The van der Waals surface area contributed by atoms with Gasteiger partial charge in [-0.15, -0.1) is 0 Å². The number of hydrogen-bond donors (Lipinski definition) is 2. The van der Waals surface area contributed by atoms with Crippen LogP contribution in [0.4, 0.5) is 4.39 Å². The highest BCUT2D eigenvalue weighted by molar-refractivity contribution is 7.90. The number of halogens is 1. The standard InChI is InChI=1S/C30H33FO7S/c1-18-12-27(36-10-3-11-39(2,34)35)24-7-8-25(24)30(18)19-4-9-26(31)21(13-19)17-37-22-5-6-23-20(14-29(32)33)16-38-28(23)15-22/h4-6,9,12-13,15,20,29,32-33H,3,7-8,10-11,14,16-17H2,1-2H3. The number of aryl methyl sites for hydroxylation is 1. The normalized spacial score (nSPS) is 15.9. The van der Waals surface area contributed by atoms with Gasteiger partial charge < -0.3 is 24.4 Å². The second kappa shape index (κ2) is 11.2. The Bertz CT molecular complexity index is 1480. The molecule has 208 valence electrons. The van der Waals surface area contributed by atoms with E-state index in [0.717, 1.165) is 46.4 Å². The lowest BCUT2D eigenvalue weighted by Gasteiger charge is -2.28. The lowest BCUT2D eigenvalue weighted by Crippen LogP contribution is -2.15. The minimum absolute atomic E-state index is 0.0417. The Kier molecular flexibility index (Phi) is 7.84. The maximum atomic E-state index is 14.8. The molecule has 1 aliphatic carbocycles. The smallest absolute Gasteiger partial charge is 0.152 e. The summed E-state index contributed by atoms with van der Waals surface area (Å²) >= 11 is 0. The largest absolute Gasteiger partial charge is 0.493 e. The molecule has 0 fully saturated rings. The predicted octanol–water partition coefficient (Wildman–Crippen LogP) is 4.47. The number of rotatable bonds is 11. The molecule has 0 radical (unpaired) electrons. The maximum Gasteiger partial charge on any atom is 0.152 e. The van der Waals surface area contributed by atoms with E-state index < -0.39 is 16.1 Å². The van der Waals surface area contributed by atoms with E-state index in [1.165, 1.54) is 17.9 Å². The number of aliphatic hydroxyl groups is 2. The summed E-state index contributed by atoms with van der Waals surface area (Å²) in [5, 5.41) is 18.6. The van der Waals surface area contributed by atoms with E-state index in [4.69, 9.17) is 14.2 Å². The van der Waals surface area contributed by atoms with Crippen LogP contribution in [0, 0.1) is 12.7 Å². The average Bonchev–Trinajstić information content (AvgIpc) is 3.23. The van der Waals surface area contributed by atoms with Crippen molar-refractivity contribution in [1.82, 2.24) is 0 Å². The summed E-state index contributed by atoms with van der Waals surface area (Å²) < 4.78 is 55.1. The van der Waals surface area contributed by atoms with Gasteiger partial charge in [-0.05, 0) is 78.3 Å². The first-order valence-electron chi connectivity index (χ1n) is 13.1. The Balaban J connectivity index is 1.30. The highest BCUT2D eigenvalue weighted by Gasteiger charge is 2.27. The molecule has 0 spiro atoms. The van der Waals surface area contributed by atoms with Crippen molar-refractivity contribution in [3.05, 3.63) is 76.1 Å². The zero-order chi connectivity index (χ0) is 27.7. The first-order chi connectivity index (χ1) is 18.6. The van der Waals surface area contributed by atoms with Crippen LogP contribution < -0.4 is 14.2 Å². The first-order valence-corrected chi connectivity index (χ1v) is 15.2. The third kappa shape index (κ3) is 6.21. The maximum absolute atomic E-state index is 14.8. The molecule has 1 unspecified atom stereocenters. The zero-order valence-electron chi connectivity index (χ0n) is 22.1. The molecule has 5 rings (SSSR count). The van der Waals surface area contributed by atoms with E-state index in [1.807, 2.05) is 25.1 Å². The van der Waals surface area contributed by atoms with E-state index in [2.05, 4.69) is 0 Å². The minimum atomic E-state index is -3.02. The van der Waals surface area contributed by atoms with Gasteiger partial charge >= 0.3 is 0 Å². The van der Waals surface area contributed by atoms with Gasteiger partial charge in [-0.1, -0.05) is 12.1 Å². The van der Waals surface area contributed by atoms with Gasteiger partial charge in [0.15, 0.2) is 6.29 Å². The van der Waals surface area contributed by atoms with Gasteiger partial charge in [0.25, 0.3) is 0 Å². The van der Waals surface area contributed by atoms with E-state index in [9.17, 15) is 23.0 Å². The lowest BCUT2D eigenvalue weighted by molar-refractivity contribution is -0.0506. The van der Waals surface area contributed by atoms with Gasteiger partial charge in [-0.2, -0.15) is 0 Å². The first kappa shape index (κ1) is 27.4. The lowest BCUT2D eigenvalue weighted by atomic mass is 9.79. The Morgan fingerprint density at radius 3 is 2.59 bits per heavy atom. The summed E-state index contributed by atoms with van der Waals surface area (Å²) in [5.74, 6) is 1.64. The van der Waals surface area contributed by atoms with E-state index in [-0.39, 0.29) is 30.5 Å². The third-order valence-electron chi connectivity index (χ3n) is 7.34. The van der Waals surface area contributed by atoms with Gasteiger partial charge in [-0.25, -0.2) is 12.8 Å². The van der Waals surface area contributed by atoms with Crippen LogP contribution in [0.3, 0.4) is 0 Å². The number of ether oxygens (including phenoxy) is 3. The summed E-state index contributed by atoms with van der Waals surface area (Å²) in [4.78, 5) is 0. The second-order valence-corrected chi connectivity index (χ2v) is 12.6. The second-order valence-electron chi connectivity index (χ2n) is 10.4. The van der Waals surface area contributed by atoms with E-state index in [0.29, 0.717) is 36.7 Å². The summed E-state index contributed by atoms with van der Waals surface area (Å²) in [7, 11) is -3.02. The highest BCUT2D eigenvalue weighted by atomic mass is 32.2. The van der Waals surface area contributed by atoms with Crippen molar-refractivity contribution in [2.75, 3.05) is 25.2 Å². The molecule has 0 saturated heterocycles. The van der Waals surface area contributed by atoms with Crippen molar-refractivity contribution in [2.45, 2.75) is 51.4 Å². The molecule has 7 nitrogen and oxygen atoms in total. The Hall–Kier alpha value is -3.14. The third-order valence-corrected chi connectivity index (χ3v) is 8.37.